The number of aromatic hydroxyl groups is 1. The molecule has 0 bridgehead atoms. The van der Waals surface area contributed by atoms with Gasteiger partial charge in [-0.15, -0.1) is 0 Å². The number of anilines is 1. The Kier molecular flexibility index (Phi) is 4.15. The minimum Gasteiger partial charge on any atom is -0.502 e. The van der Waals surface area contributed by atoms with Gasteiger partial charge in [0.15, 0.2) is 11.5 Å². The average Bonchev–Trinajstić information content (AvgIpc) is 2.70. The Morgan fingerprint density at radius 1 is 1.04 bits per heavy atom. The molecule has 1 atom stereocenters. The quantitative estimate of drug-likeness (QED) is 0.762. The van der Waals surface area contributed by atoms with Crippen molar-refractivity contribution in [3.05, 3.63) is 59.7 Å². The fraction of sp³-hybridized carbons (Fsp3) is 0.227. The van der Waals surface area contributed by atoms with Gasteiger partial charge in [0.05, 0.1) is 14.2 Å². The van der Waals surface area contributed by atoms with E-state index >= 15 is 0 Å². The summed E-state index contributed by atoms with van der Waals surface area (Å²) in [6, 6.07) is 15.8. The summed E-state index contributed by atoms with van der Waals surface area (Å²) in [5.74, 6) is 0.517. The summed E-state index contributed by atoms with van der Waals surface area (Å²) in [7, 11) is 4.81. The van der Waals surface area contributed by atoms with Crippen LogP contribution in [0.3, 0.4) is 0 Å². The molecular weight excluding hydrogens is 342 g/mol. The summed E-state index contributed by atoms with van der Waals surface area (Å²) >= 11 is 0. The summed E-state index contributed by atoms with van der Waals surface area (Å²) in [4.78, 5) is 14.4. The van der Waals surface area contributed by atoms with E-state index < -0.39 is 0 Å². The first kappa shape index (κ1) is 17.2. The second kappa shape index (κ2) is 6.50. The van der Waals surface area contributed by atoms with Crippen molar-refractivity contribution in [3.8, 4) is 17.2 Å². The SMILES string of the molecule is COc1cc(C2CC(=O)N(C)c3ccc4ccccc4c32)cc(OC)c1O. The average molecular weight is 363 g/mol. The highest BCUT2D eigenvalue weighted by molar-refractivity contribution is 6.02. The molecule has 0 radical (unpaired) electrons. The minimum atomic E-state index is -0.154. The molecule has 1 N–H and O–H groups in total. The number of hydrogen-bond donors (Lipinski definition) is 1. The number of amides is 1. The molecule has 1 aliphatic heterocycles. The molecule has 27 heavy (non-hydrogen) atoms. The fourth-order valence-corrected chi connectivity index (χ4v) is 3.89. The number of rotatable bonds is 3. The number of hydrogen-bond acceptors (Lipinski definition) is 4. The van der Waals surface area contributed by atoms with Crippen LogP contribution in [-0.2, 0) is 4.79 Å². The van der Waals surface area contributed by atoms with E-state index in [1.165, 1.54) is 14.2 Å². The zero-order chi connectivity index (χ0) is 19.1. The zero-order valence-corrected chi connectivity index (χ0v) is 15.5. The van der Waals surface area contributed by atoms with Crippen molar-refractivity contribution < 1.29 is 19.4 Å². The topological polar surface area (TPSA) is 59.0 Å². The van der Waals surface area contributed by atoms with Gasteiger partial charge in [-0.1, -0.05) is 30.3 Å². The summed E-state index contributed by atoms with van der Waals surface area (Å²) in [5.41, 5.74) is 2.88. The van der Waals surface area contributed by atoms with Crippen molar-refractivity contribution in [2.75, 3.05) is 26.2 Å². The van der Waals surface area contributed by atoms with Crippen LogP contribution >= 0.6 is 0 Å². The van der Waals surface area contributed by atoms with Crippen LogP contribution in [0.1, 0.15) is 23.5 Å². The van der Waals surface area contributed by atoms with Crippen molar-refractivity contribution in [1.29, 1.82) is 0 Å². The van der Waals surface area contributed by atoms with Crippen LogP contribution in [0.5, 0.6) is 17.2 Å². The maximum absolute atomic E-state index is 12.7. The van der Waals surface area contributed by atoms with E-state index in [9.17, 15) is 9.90 Å². The summed E-state index contributed by atoms with van der Waals surface area (Å²) in [5, 5.41) is 12.5. The zero-order valence-electron chi connectivity index (χ0n) is 15.5. The first-order valence-corrected chi connectivity index (χ1v) is 8.78. The highest BCUT2D eigenvalue weighted by Gasteiger charge is 2.32. The number of phenolic OH excluding ortho intramolecular Hbond substituents is 1. The highest BCUT2D eigenvalue weighted by Crippen LogP contribution is 2.47. The van der Waals surface area contributed by atoms with Crippen LogP contribution in [0.25, 0.3) is 10.8 Å². The molecule has 0 fully saturated rings. The van der Waals surface area contributed by atoms with Gasteiger partial charge in [-0.05, 0) is 40.1 Å². The first-order valence-electron chi connectivity index (χ1n) is 8.78. The van der Waals surface area contributed by atoms with E-state index in [2.05, 4.69) is 12.1 Å². The number of phenols is 1. The van der Waals surface area contributed by atoms with Crippen LogP contribution < -0.4 is 14.4 Å². The molecule has 1 amide bonds. The second-order valence-corrected chi connectivity index (χ2v) is 6.70. The van der Waals surface area contributed by atoms with Gasteiger partial charge in [0.25, 0.3) is 0 Å². The van der Waals surface area contributed by atoms with Crippen LogP contribution in [0, 0.1) is 0 Å². The fourth-order valence-electron chi connectivity index (χ4n) is 3.89. The number of ether oxygens (including phenoxy) is 2. The standard InChI is InChI=1S/C22H21NO4/c1-23-17-9-8-13-6-4-5-7-15(13)21(17)16(12-20(23)24)14-10-18(26-2)22(25)19(11-14)27-3/h4-11,16,25H,12H2,1-3H3. The van der Waals surface area contributed by atoms with Gasteiger partial charge in [-0.2, -0.15) is 0 Å². The van der Waals surface area contributed by atoms with E-state index in [4.69, 9.17) is 9.47 Å². The Bertz CT molecular complexity index is 1020. The van der Waals surface area contributed by atoms with Crippen molar-refractivity contribution in [2.45, 2.75) is 12.3 Å². The smallest absolute Gasteiger partial charge is 0.227 e. The number of methoxy groups -OCH3 is 2. The third kappa shape index (κ3) is 2.67. The minimum absolute atomic E-state index is 0.0406. The Morgan fingerprint density at radius 3 is 2.37 bits per heavy atom. The lowest BCUT2D eigenvalue weighted by Gasteiger charge is -2.33. The maximum Gasteiger partial charge on any atom is 0.227 e. The van der Waals surface area contributed by atoms with E-state index in [0.29, 0.717) is 17.9 Å². The predicted molar refractivity (Wildman–Crippen MR) is 105 cm³/mol. The number of benzene rings is 3. The van der Waals surface area contributed by atoms with Crippen LogP contribution in [0.4, 0.5) is 5.69 Å². The lowest BCUT2D eigenvalue weighted by molar-refractivity contribution is -0.118. The van der Waals surface area contributed by atoms with Crippen molar-refractivity contribution in [3.63, 3.8) is 0 Å². The normalized spacial score (nSPS) is 16.3. The molecule has 0 aliphatic carbocycles. The Morgan fingerprint density at radius 2 is 1.70 bits per heavy atom. The molecule has 3 aromatic rings. The molecule has 0 spiro atoms. The molecule has 0 aromatic heterocycles. The van der Waals surface area contributed by atoms with Gasteiger partial charge in [0, 0.05) is 25.1 Å². The maximum atomic E-state index is 12.7. The third-order valence-corrected chi connectivity index (χ3v) is 5.31. The number of carbonyl (C=O) groups excluding carboxylic acids is 1. The van der Waals surface area contributed by atoms with E-state index in [0.717, 1.165) is 27.6 Å². The summed E-state index contributed by atoms with van der Waals surface area (Å²) in [6.07, 6.45) is 0.342. The lowest BCUT2D eigenvalue weighted by Crippen LogP contribution is -2.33. The molecule has 0 saturated heterocycles. The highest BCUT2D eigenvalue weighted by atomic mass is 16.5. The molecule has 138 valence electrons. The van der Waals surface area contributed by atoms with Gasteiger partial charge in [0.2, 0.25) is 11.7 Å². The summed E-state index contributed by atoms with van der Waals surface area (Å²) < 4.78 is 10.6. The van der Waals surface area contributed by atoms with E-state index in [-0.39, 0.29) is 17.6 Å². The molecule has 5 heteroatoms. The Hall–Kier alpha value is -3.21. The van der Waals surface area contributed by atoms with Crippen molar-refractivity contribution >= 4 is 22.4 Å². The predicted octanol–water partition coefficient (Wildman–Crippen LogP) is 4.06. The largest absolute Gasteiger partial charge is 0.502 e. The van der Waals surface area contributed by atoms with Gasteiger partial charge < -0.3 is 19.5 Å². The van der Waals surface area contributed by atoms with E-state index in [1.807, 2.05) is 31.3 Å². The second-order valence-electron chi connectivity index (χ2n) is 6.70. The number of carbonyl (C=O) groups is 1. The molecule has 0 saturated carbocycles. The monoisotopic (exact) mass is 363 g/mol. The number of fused-ring (bicyclic) bond motifs is 3. The summed E-state index contributed by atoms with van der Waals surface area (Å²) in [6.45, 7) is 0. The van der Waals surface area contributed by atoms with Crippen LogP contribution in [0.2, 0.25) is 0 Å². The lowest BCUT2D eigenvalue weighted by atomic mass is 9.81. The molecule has 5 nitrogen and oxygen atoms in total. The van der Waals surface area contributed by atoms with Crippen molar-refractivity contribution in [1.82, 2.24) is 0 Å². The molecule has 1 aliphatic rings. The Balaban J connectivity index is 2.00. The van der Waals surface area contributed by atoms with Gasteiger partial charge in [-0.3, -0.25) is 4.79 Å². The van der Waals surface area contributed by atoms with Gasteiger partial charge in [0.1, 0.15) is 0 Å². The van der Waals surface area contributed by atoms with Crippen molar-refractivity contribution in [2.24, 2.45) is 0 Å². The molecule has 4 rings (SSSR count). The van der Waals surface area contributed by atoms with E-state index in [1.54, 1.807) is 17.0 Å². The molecule has 1 heterocycles. The van der Waals surface area contributed by atoms with Gasteiger partial charge in [-0.25, -0.2) is 0 Å². The molecule has 1 unspecified atom stereocenters. The molecular formula is C22H21NO4. The van der Waals surface area contributed by atoms with Crippen LogP contribution in [0.15, 0.2) is 48.5 Å². The molecule has 3 aromatic carbocycles. The Labute approximate surface area is 157 Å². The number of nitrogens with zero attached hydrogens (tertiary/aromatic N) is 1. The van der Waals surface area contributed by atoms with Gasteiger partial charge >= 0.3 is 0 Å². The third-order valence-electron chi connectivity index (χ3n) is 5.31. The van der Waals surface area contributed by atoms with Crippen LogP contribution in [-0.4, -0.2) is 32.3 Å². The first-order chi connectivity index (χ1) is 13.0.